The Labute approximate surface area is 93.4 Å². The Bertz CT molecular complexity index is 221. The number of esters is 1. The van der Waals surface area contributed by atoms with Gasteiger partial charge in [0.15, 0.2) is 0 Å². The van der Waals surface area contributed by atoms with Crippen molar-refractivity contribution in [2.24, 2.45) is 11.3 Å². The van der Waals surface area contributed by atoms with Crippen LogP contribution in [0.3, 0.4) is 0 Å². The third kappa shape index (κ3) is 3.22. The van der Waals surface area contributed by atoms with Crippen molar-refractivity contribution in [3.63, 3.8) is 0 Å². The molecule has 0 aromatic carbocycles. The highest BCUT2D eigenvalue weighted by Gasteiger charge is 2.37. The molecule has 2 heteroatoms. The monoisotopic (exact) mass is 212 g/mol. The molecule has 0 aromatic rings. The highest BCUT2D eigenvalue weighted by Crippen LogP contribution is 2.41. The molecule has 0 bridgehead atoms. The van der Waals surface area contributed by atoms with E-state index in [-0.39, 0.29) is 12.1 Å². The van der Waals surface area contributed by atoms with Crippen molar-refractivity contribution in [1.82, 2.24) is 0 Å². The molecule has 0 N–H and O–H groups in total. The van der Waals surface area contributed by atoms with E-state index >= 15 is 0 Å². The first-order valence-corrected chi connectivity index (χ1v) is 6.14. The summed E-state index contributed by atoms with van der Waals surface area (Å²) >= 11 is 0. The Morgan fingerprint density at radius 1 is 1.33 bits per heavy atom. The first kappa shape index (κ1) is 12.5. The topological polar surface area (TPSA) is 26.3 Å². The molecule has 0 unspecified atom stereocenters. The zero-order valence-corrected chi connectivity index (χ0v) is 10.5. The molecular weight excluding hydrogens is 188 g/mol. The van der Waals surface area contributed by atoms with Gasteiger partial charge < -0.3 is 4.74 Å². The van der Waals surface area contributed by atoms with Gasteiger partial charge in [-0.05, 0) is 24.7 Å². The summed E-state index contributed by atoms with van der Waals surface area (Å²) in [5.74, 6) is 0.416. The van der Waals surface area contributed by atoms with E-state index in [2.05, 4.69) is 20.8 Å². The van der Waals surface area contributed by atoms with E-state index in [1.54, 1.807) is 0 Å². The predicted octanol–water partition coefficient (Wildman–Crippen LogP) is 3.54. The fourth-order valence-corrected chi connectivity index (χ4v) is 2.61. The summed E-state index contributed by atoms with van der Waals surface area (Å²) in [4.78, 5) is 11.1. The molecule has 2 atom stereocenters. The molecule has 1 fully saturated rings. The maximum absolute atomic E-state index is 11.1. The van der Waals surface area contributed by atoms with Crippen LogP contribution in [0.15, 0.2) is 0 Å². The number of rotatable bonds is 3. The van der Waals surface area contributed by atoms with Crippen molar-refractivity contribution in [2.45, 2.75) is 65.9 Å². The van der Waals surface area contributed by atoms with E-state index in [4.69, 9.17) is 4.74 Å². The molecule has 0 heterocycles. The van der Waals surface area contributed by atoms with Crippen LogP contribution in [-0.2, 0) is 9.53 Å². The van der Waals surface area contributed by atoms with Gasteiger partial charge in [-0.25, -0.2) is 0 Å². The summed E-state index contributed by atoms with van der Waals surface area (Å²) in [5.41, 5.74) is 0.292. The average Bonchev–Trinajstić information content (AvgIpc) is 2.17. The maximum atomic E-state index is 11.1. The van der Waals surface area contributed by atoms with Crippen LogP contribution in [0.25, 0.3) is 0 Å². The number of carbonyl (C=O) groups is 1. The zero-order chi connectivity index (χ0) is 11.5. The minimum absolute atomic E-state index is 0.126. The summed E-state index contributed by atoms with van der Waals surface area (Å²) in [6.07, 6.45) is 6.05. The lowest BCUT2D eigenvalue weighted by molar-refractivity contribution is -0.154. The minimum Gasteiger partial charge on any atom is -0.462 e. The van der Waals surface area contributed by atoms with Crippen LogP contribution in [-0.4, -0.2) is 12.1 Å². The van der Waals surface area contributed by atoms with Gasteiger partial charge in [-0.3, -0.25) is 4.79 Å². The van der Waals surface area contributed by atoms with E-state index in [0.717, 1.165) is 12.8 Å². The van der Waals surface area contributed by atoms with Crippen molar-refractivity contribution in [3.8, 4) is 0 Å². The minimum atomic E-state index is -0.126. The van der Waals surface area contributed by atoms with Crippen LogP contribution >= 0.6 is 0 Å². The van der Waals surface area contributed by atoms with Gasteiger partial charge in [0.2, 0.25) is 0 Å². The van der Waals surface area contributed by atoms with Crippen molar-refractivity contribution >= 4 is 5.97 Å². The lowest BCUT2D eigenvalue weighted by Crippen LogP contribution is -2.38. The summed E-state index contributed by atoms with van der Waals surface area (Å²) in [7, 11) is 0. The van der Waals surface area contributed by atoms with Crippen LogP contribution in [0, 0.1) is 11.3 Å². The highest BCUT2D eigenvalue weighted by molar-refractivity contribution is 5.66. The van der Waals surface area contributed by atoms with Gasteiger partial charge in [0.05, 0.1) is 0 Å². The summed E-state index contributed by atoms with van der Waals surface area (Å²) in [6, 6.07) is 0. The van der Waals surface area contributed by atoms with Crippen molar-refractivity contribution in [2.75, 3.05) is 0 Å². The Balaban J connectivity index is 2.69. The molecule has 15 heavy (non-hydrogen) atoms. The van der Waals surface area contributed by atoms with Gasteiger partial charge in [-0.1, -0.05) is 33.6 Å². The summed E-state index contributed by atoms with van der Waals surface area (Å²) in [5, 5.41) is 0. The summed E-state index contributed by atoms with van der Waals surface area (Å²) < 4.78 is 5.45. The SMILES string of the molecule is CCC(C)(C)[C@H]1CCCC[C@@H]1OC(C)=O. The largest absolute Gasteiger partial charge is 0.462 e. The number of carbonyl (C=O) groups excluding carboxylic acids is 1. The molecule has 0 spiro atoms. The molecule has 88 valence electrons. The second kappa shape index (κ2) is 5.00. The van der Waals surface area contributed by atoms with Crippen molar-refractivity contribution in [1.29, 1.82) is 0 Å². The van der Waals surface area contributed by atoms with E-state index in [9.17, 15) is 4.79 Å². The fraction of sp³-hybridized carbons (Fsp3) is 0.923. The van der Waals surface area contributed by atoms with Crippen molar-refractivity contribution in [3.05, 3.63) is 0 Å². The molecule has 0 aliphatic heterocycles. The van der Waals surface area contributed by atoms with E-state index in [0.29, 0.717) is 11.3 Å². The zero-order valence-electron chi connectivity index (χ0n) is 10.5. The van der Waals surface area contributed by atoms with Gasteiger partial charge in [-0.15, -0.1) is 0 Å². The third-order valence-corrected chi connectivity index (χ3v) is 3.93. The molecular formula is C13H24O2. The first-order valence-electron chi connectivity index (χ1n) is 6.14. The van der Waals surface area contributed by atoms with Gasteiger partial charge in [0.25, 0.3) is 0 Å². The van der Waals surface area contributed by atoms with E-state index in [1.165, 1.54) is 26.2 Å². The molecule has 1 saturated carbocycles. The van der Waals surface area contributed by atoms with Gasteiger partial charge in [0, 0.05) is 12.8 Å². The van der Waals surface area contributed by atoms with E-state index in [1.807, 2.05) is 0 Å². The van der Waals surface area contributed by atoms with Crippen LogP contribution in [0.5, 0.6) is 0 Å². The molecule has 1 rings (SSSR count). The normalized spacial score (nSPS) is 27.5. The molecule has 0 aromatic heterocycles. The van der Waals surface area contributed by atoms with Gasteiger partial charge in [0.1, 0.15) is 6.10 Å². The Hall–Kier alpha value is -0.530. The molecule has 1 aliphatic carbocycles. The van der Waals surface area contributed by atoms with Crippen LogP contribution in [0.1, 0.15) is 59.8 Å². The number of hydrogen-bond donors (Lipinski definition) is 0. The Morgan fingerprint density at radius 3 is 2.47 bits per heavy atom. The Morgan fingerprint density at radius 2 is 1.93 bits per heavy atom. The number of hydrogen-bond acceptors (Lipinski definition) is 2. The first-order chi connectivity index (χ1) is 6.97. The van der Waals surface area contributed by atoms with Gasteiger partial charge in [-0.2, -0.15) is 0 Å². The highest BCUT2D eigenvalue weighted by atomic mass is 16.5. The average molecular weight is 212 g/mol. The van der Waals surface area contributed by atoms with Crippen LogP contribution in [0.4, 0.5) is 0 Å². The third-order valence-electron chi connectivity index (χ3n) is 3.93. The molecule has 0 radical (unpaired) electrons. The fourth-order valence-electron chi connectivity index (χ4n) is 2.61. The van der Waals surface area contributed by atoms with Gasteiger partial charge >= 0.3 is 5.97 Å². The predicted molar refractivity (Wildman–Crippen MR) is 61.6 cm³/mol. The van der Waals surface area contributed by atoms with Crippen molar-refractivity contribution < 1.29 is 9.53 Å². The second-order valence-corrected chi connectivity index (χ2v) is 5.38. The Kier molecular flexibility index (Phi) is 4.18. The molecule has 0 amide bonds. The number of ether oxygens (including phenoxy) is 1. The van der Waals surface area contributed by atoms with E-state index < -0.39 is 0 Å². The maximum Gasteiger partial charge on any atom is 0.302 e. The smallest absolute Gasteiger partial charge is 0.302 e. The molecule has 0 saturated heterocycles. The van der Waals surface area contributed by atoms with Crippen LogP contribution in [0.2, 0.25) is 0 Å². The van der Waals surface area contributed by atoms with Crippen LogP contribution < -0.4 is 0 Å². The summed E-state index contributed by atoms with van der Waals surface area (Å²) in [6.45, 7) is 8.32. The lowest BCUT2D eigenvalue weighted by Gasteiger charge is -2.41. The standard InChI is InChI=1S/C13H24O2/c1-5-13(3,4)11-8-6-7-9-12(11)15-10(2)14/h11-12H,5-9H2,1-4H3/t11-,12-/m0/s1. The lowest BCUT2D eigenvalue weighted by atomic mass is 9.68. The molecule has 2 nitrogen and oxygen atoms in total. The second-order valence-electron chi connectivity index (χ2n) is 5.38. The quantitative estimate of drug-likeness (QED) is 0.669. The molecule has 1 aliphatic rings.